The lowest BCUT2D eigenvalue weighted by molar-refractivity contribution is 0.101. The van der Waals surface area contributed by atoms with Crippen LogP contribution in [0, 0.1) is 5.92 Å². The van der Waals surface area contributed by atoms with Crippen molar-refractivity contribution in [3.05, 3.63) is 22.2 Å². The van der Waals surface area contributed by atoms with Gasteiger partial charge < -0.3 is 10.5 Å². The predicted molar refractivity (Wildman–Crippen MR) is 73.5 cm³/mol. The van der Waals surface area contributed by atoms with Crippen molar-refractivity contribution < 1.29 is 9.53 Å². The van der Waals surface area contributed by atoms with Crippen molar-refractivity contribution in [2.45, 2.75) is 27.2 Å². The third kappa shape index (κ3) is 4.04. The van der Waals surface area contributed by atoms with E-state index in [-0.39, 0.29) is 5.78 Å². The Morgan fingerprint density at radius 2 is 2.12 bits per heavy atom. The second-order valence-corrected chi connectivity index (χ2v) is 5.37. The molecule has 0 radical (unpaired) electrons. The van der Waals surface area contributed by atoms with E-state index in [1.54, 1.807) is 12.1 Å². The van der Waals surface area contributed by atoms with Crippen LogP contribution in [0.1, 0.15) is 37.6 Å². The lowest BCUT2D eigenvalue weighted by Gasteiger charge is -2.14. The zero-order valence-corrected chi connectivity index (χ0v) is 12.0. The average Bonchev–Trinajstić information content (AvgIpc) is 2.19. The highest BCUT2D eigenvalue weighted by Gasteiger charge is 2.13. The minimum atomic E-state index is -0.0439. The normalized spacial score (nSPS) is 10.6. The minimum absolute atomic E-state index is 0.0439. The first-order valence-corrected chi connectivity index (χ1v) is 6.44. The molecule has 0 aliphatic carbocycles. The molecule has 17 heavy (non-hydrogen) atoms. The molecule has 4 heteroatoms. The van der Waals surface area contributed by atoms with Gasteiger partial charge in [0.05, 0.1) is 17.9 Å². The number of halogens is 1. The molecule has 0 amide bonds. The van der Waals surface area contributed by atoms with Crippen LogP contribution in [0.15, 0.2) is 16.6 Å². The van der Waals surface area contributed by atoms with Crippen LogP contribution >= 0.6 is 15.9 Å². The molecule has 0 fully saturated rings. The fraction of sp³-hybridized carbons (Fsp3) is 0.462. The first-order valence-electron chi connectivity index (χ1n) is 5.64. The van der Waals surface area contributed by atoms with Gasteiger partial charge in [-0.1, -0.05) is 29.8 Å². The van der Waals surface area contributed by atoms with Gasteiger partial charge in [-0.05, 0) is 31.4 Å². The maximum atomic E-state index is 11.5. The Morgan fingerprint density at radius 1 is 1.47 bits per heavy atom. The van der Waals surface area contributed by atoms with Gasteiger partial charge in [-0.2, -0.15) is 0 Å². The molecule has 0 aromatic heterocycles. The highest BCUT2D eigenvalue weighted by atomic mass is 79.9. The van der Waals surface area contributed by atoms with Crippen molar-refractivity contribution in [2.24, 2.45) is 5.92 Å². The first-order chi connectivity index (χ1) is 7.91. The smallest absolute Gasteiger partial charge is 0.163 e. The van der Waals surface area contributed by atoms with Gasteiger partial charge in [0.2, 0.25) is 0 Å². The van der Waals surface area contributed by atoms with Crippen molar-refractivity contribution in [1.82, 2.24) is 0 Å². The number of ketones is 1. The number of hydrogen-bond donors (Lipinski definition) is 1. The predicted octanol–water partition coefficient (Wildman–Crippen LogP) is 3.66. The number of hydrogen-bond acceptors (Lipinski definition) is 3. The maximum absolute atomic E-state index is 11.5. The Labute approximate surface area is 110 Å². The third-order valence-electron chi connectivity index (χ3n) is 2.40. The SMILES string of the molecule is CC(=O)c1cc(Br)cc(N)c1OCCC(C)C. The van der Waals surface area contributed by atoms with Gasteiger partial charge in [0.25, 0.3) is 0 Å². The Kier molecular flexibility index (Phi) is 5.00. The Hall–Kier alpha value is -1.03. The molecule has 0 spiro atoms. The number of benzene rings is 1. The van der Waals surface area contributed by atoms with E-state index >= 15 is 0 Å². The molecule has 0 unspecified atom stereocenters. The Balaban J connectivity index is 2.92. The van der Waals surface area contributed by atoms with Gasteiger partial charge in [0.15, 0.2) is 11.5 Å². The highest BCUT2D eigenvalue weighted by Crippen LogP contribution is 2.31. The van der Waals surface area contributed by atoms with E-state index in [1.807, 2.05) is 0 Å². The number of carbonyl (C=O) groups excluding carboxylic acids is 1. The monoisotopic (exact) mass is 299 g/mol. The lowest BCUT2D eigenvalue weighted by Crippen LogP contribution is -2.07. The number of carbonyl (C=O) groups is 1. The lowest BCUT2D eigenvalue weighted by atomic mass is 10.1. The quantitative estimate of drug-likeness (QED) is 0.667. The topological polar surface area (TPSA) is 52.3 Å². The molecule has 94 valence electrons. The van der Waals surface area contributed by atoms with Crippen LogP contribution in [0.2, 0.25) is 0 Å². The number of rotatable bonds is 5. The first kappa shape index (κ1) is 14.0. The Bertz CT molecular complexity index is 416. The summed E-state index contributed by atoms with van der Waals surface area (Å²) in [7, 11) is 0. The second kappa shape index (κ2) is 6.05. The van der Waals surface area contributed by atoms with Crippen LogP contribution in [0.5, 0.6) is 5.75 Å². The summed E-state index contributed by atoms with van der Waals surface area (Å²) in [6, 6.07) is 3.49. The van der Waals surface area contributed by atoms with Crippen molar-refractivity contribution in [1.29, 1.82) is 0 Å². The molecular formula is C13H18BrNO2. The van der Waals surface area contributed by atoms with E-state index in [2.05, 4.69) is 29.8 Å². The molecule has 3 nitrogen and oxygen atoms in total. The molecule has 1 rings (SSSR count). The molecule has 0 saturated carbocycles. The summed E-state index contributed by atoms with van der Waals surface area (Å²) in [6.45, 7) is 6.33. The number of Topliss-reactive ketones (excluding diaryl/α,β-unsaturated/α-hetero) is 1. The minimum Gasteiger partial charge on any atom is -0.491 e. The largest absolute Gasteiger partial charge is 0.491 e. The standard InChI is InChI=1S/C13H18BrNO2/c1-8(2)4-5-17-13-11(9(3)16)6-10(14)7-12(13)15/h6-8H,4-5,15H2,1-3H3. The van der Waals surface area contributed by atoms with Crippen molar-refractivity contribution in [3.8, 4) is 5.75 Å². The summed E-state index contributed by atoms with van der Waals surface area (Å²) < 4.78 is 6.42. The zero-order valence-electron chi connectivity index (χ0n) is 10.4. The van der Waals surface area contributed by atoms with Gasteiger partial charge in [-0.3, -0.25) is 4.79 Å². The third-order valence-corrected chi connectivity index (χ3v) is 2.86. The van der Waals surface area contributed by atoms with Crippen LogP contribution in [-0.4, -0.2) is 12.4 Å². The molecule has 1 aromatic rings. The molecule has 1 aromatic carbocycles. The van der Waals surface area contributed by atoms with Crippen molar-refractivity contribution >= 4 is 27.4 Å². The zero-order chi connectivity index (χ0) is 13.0. The highest BCUT2D eigenvalue weighted by molar-refractivity contribution is 9.10. The summed E-state index contributed by atoms with van der Waals surface area (Å²) in [5, 5.41) is 0. The fourth-order valence-corrected chi connectivity index (χ4v) is 1.91. The summed E-state index contributed by atoms with van der Waals surface area (Å²) >= 11 is 3.32. The van der Waals surface area contributed by atoms with Crippen LogP contribution in [-0.2, 0) is 0 Å². The number of nitrogens with two attached hydrogens (primary N) is 1. The summed E-state index contributed by atoms with van der Waals surface area (Å²) in [6.07, 6.45) is 0.937. The number of nitrogen functional groups attached to an aromatic ring is 1. The van der Waals surface area contributed by atoms with E-state index in [4.69, 9.17) is 10.5 Å². The molecule has 0 atom stereocenters. The van der Waals surface area contributed by atoms with Gasteiger partial charge in [-0.25, -0.2) is 0 Å². The molecule has 0 heterocycles. The molecule has 0 aliphatic heterocycles. The van der Waals surface area contributed by atoms with Gasteiger partial charge in [0.1, 0.15) is 0 Å². The summed E-state index contributed by atoms with van der Waals surface area (Å²) in [5.74, 6) is 1.02. The average molecular weight is 300 g/mol. The van der Waals surface area contributed by atoms with Crippen LogP contribution in [0.3, 0.4) is 0 Å². The number of anilines is 1. The van der Waals surface area contributed by atoms with Crippen molar-refractivity contribution in [2.75, 3.05) is 12.3 Å². The van der Waals surface area contributed by atoms with E-state index in [9.17, 15) is 4.79 Å². The van der Waals surface area contributed by atoms with E-state index in [0.717, 1.165) is 10.9 Å². The van der Waals surface area contributed by atoms with Crippen LogP contribution in [0.4, 0.5) is 5.69 Å². The van der Waals surface area contributed by atoms with Crippen molar-refractivity contribution in [3.63, 3.8) is 0 Å². The molecule has 2 N–H and O–H groups in total. The summed E-state index contributed by atoms with van der Waals surface area (Å²) in [4.78, 5) is 11.5. The Morgan fingerprint density at radius 3 is 2.65 bits per heavy atom. The number of ether oxygens (including phenoxy) is 1. The molecule has 0 saturated heterocycles. The van der Waals surface area contributed by atoms with Gasteiger partial charge >= 0.3 is 0 Å². The van der Waals surface area contributed by atoms with E-state index < -0.39 is 0 Å². The van der Waals surface area contributed by atoms with E-state index in [1.165, 1.54) is 6.92 Å². The van der Waals surface area contributed by atoms with Crippen LogP contribution in [0.25, 0.3) is 0 Å². The van der Waals surface area contributed by atoms with Gasteiger partial charge in [0, 0.05) is 4.47 Å². The summed E-state index contributed by atoms with van der Waals surface area (Å²) in [5.41, 5.74) is 6.89. The fourth-order valence-electron chi connectivity index (χ4n) is 1.43. The maximum Gasteiger partial charge on any atom is 0.163 e. The van der Waals surface area contributed by atoms with Gasteiger partial charge in [-0.15, -0.1) is 0 Å². The molecular weight excluding hydrogens is 282 g/mol. The molecule has 0 aliphatic rings. The van der Waals surface area contributed by atoms with Crippen LogP contribution < -0.4 is 10.5 Å². The molecule has 0 bridgehead atoms. The van der Waals surface area contributed by atoms with E-state index in [0.29, 0.717) is 29.5 Å². The second-order valence-electron chi connectivity index (χ2n) is 4.46.